The summed E-state index contributed by atoms with van der Waals surface area (Å²) in [7, 11) is 0. The van der Waals surface area contributed by atoms with Gasteiger partial charge in [-0.1, -0.05) is 37.0 Å². The normalized spacial score (nSPS) is 11.1. The van der Waals surface area contributed by atoms with Crippen molar-refractivity contribution in [2.75, 3.05) is 18.8 Å². The Balaban J connectivity index is 2.20. The van der Waals surface area contributed by atoms with Crippen LogP contribution < -0.4 is 5.32 Å². The topological polar surface area (TPSA) is 12.0 Å². The summed E-state index contributed by atoms with van der Waals surface area (Å²) < 4.78 is 0. The highest BCUT2D eigenvalue weighted by Gasteiger charge is 2.01. The van der Waals surface area contributed by atoms with Gasteiger partial charge in [0.25, 0.3) is 0 Å². The molecule has 1 N–H and O–H groups in total. The number of thioether (sulfide) groups is 1. The molecule has 0 aliphatic carbocycles. The van der Waals surface area contributed by atoms with Gasteiger partial charge in [-0.2, -0.15) is 0 Å². The van der Waals surface area contributed by atoms with Gasteiger partial charge in [-0.15, -0.1) is 11.8 Å². The molecule has 0 saturated carbocycles. The SMILES string of the molecule is CC(C)CCNCCSc1cc(Cl)ccc1Cl. The molecule has 0 unspecified atom stereocenters. The van der Waals surface area contributed by atoms with Gasteiger partial charge >= 0.3 is 0 Å². The van der Waals surface area contributed by atoms with Crippen molar-refractivity contribution >= 4 is 35.0 Å². The van der Waals surface area contributed by atoms with Gasteiger partial charge < -0.3 is 5.32 Å². The fourth-order valence-corrected chi connectivity index (χ4v) is 2.74. The molecule has 0 aliphatic heterocycles. The third-order valence-electron chi connectivity index (χ3n) is 2.33. The van der Waals surface area contributed by atoms with Crippen LogP contribution in [0.5, 0.6) is 0 Å². The zero-order chi connectivity index (χ0) is 12.7. The molecule has 0 amide bonds. The molecule has 0 aliphatic rings. The van der Waals surface area contributed by atoms with Crippen molar-refractivity contribution in [1.29, 1.82) is 0 Å². The predicted molar refractivity (Wildman–Crippen MR) is 79.5 cm³/mol. The lowest BCUT2D eigenvalue weighted by atomic mass is 10.1. The zero-order valence-corrected chi connectivity index (χ0v) is 12.6. The van der Waals surface area contributed by atoms with Crippen LogP contribution in [0.25, 0.3) is 0 Å². The minimum Gasteiger partial charge on any atom is -0.316 e. The molecule has 0 saturated heterocycles. The lowest BCUT2D eigenvalue weighted by Crippen LogP contribution is -2.19. The second-order valence-electron chi connectivity index (χ2n) is 4.36. The van der Waals surface area contributed by atoms with Crippen LogP contribution in [-0.2, 0) is 0 Å². The van der Waals surface area contributed by atoms with Crippen molar-refractivity contribution in [3.63, 3.8) is 0 Å². The molecule has 0 atom stereocenters. The van der Waals surface area contributed by atoms with Crippen molar-refractivity contribution in [3.05, 3.63) is 28.2 Å². The number of hydrogen-bond acceptors (Lipinski definition) is 2. The minimum absolute atomic E-state index is 0.740. The Labute approximate surface area is 118 Å². The summed E-state index contributed by atoms with van der Waals surface area (Å²) in [6.45, 7) is 6.56. The summed E-state index contributed by atoms with van der Waals surface area (Å²) >= 11 is 13.7. The van der Waals surface area contributed by atoms with E-state index in [0.29, 0.717) is 0 Å². The van der Waals surface area contributed by atoms with E-state index in [2.05, 4.69) is 19.2 Å². The molecule has 4 heteroatoms. The monoisotopic (exact) mass is 291 g/mol. The first kappa shape index (κ1) is 15.2. The third-order valence-corrected chi connectivity index (χ3v) is 4.06. The average Bonchev–Trinajstić information content (AvgIpc) is 2.27. The maximum atomic E-state index is 6.08. The first-order valence-corrected chi connectivity index (χ1v) is 7.62. The molecular formula is C13H19Cl2NS. The molecular weight excluding hydrogens is 273 g/mol. The second-order valence-corrected chi connectivity index (χ2v) is 6.34. The van der Waals surface area contributed by atoms with E-state index >= 15 is 0 Å². The minimum atomic E-state index is 0.740. The predicted octanol–water partition coefficient (Wildman–Crippen LogP) is 4.72. The van der Waals surface area contributed by atoms with Gasteiger partial charge in [-0.05, 0) is 37.1 Å². The summed E-state index contributed by atoms with van der Waals surface area (Å²) in [5.74, 6) is 1.77. The van der Waals surface area contributed by atoms with Crippen LogP contribution in [0.2, 0.25) is 10.0 Å². The van der Waals surface area contributed by atoms with Crippen molar-refractivity contribution < 1.29 is 0 Å². The van der Waals surface area contributed by atoms with Gasteiger partial charge in [0.15, 0.2) is 0 Å². The van der Waals surface area contributed by atoms with Crippen molar-refractivity contribution in [1.82, 2.24) is 5.32 Å². The highest BCUT2D eigenvalue weighted by Crippen LogP contribution is 2.29. The Morgan fingerprint density at radius 1 is 1.24 bits per heavy atom. The Bertz CT molecular complexity index is 342. The van der Waals surface area contributed by atoms with Gasteiger partial charge in [0.05, 0.1) is 5.02 Å². The molecule has 1 nitrogen and oxygen atoms in total. The Morgan fingerprint density at radius 2 is 2.00 bits per heavy atom. The molecule has 1 aromatic carbocycles. The quantitative estimate of drug-likeness (QED) is 0.576. The first-order chi connectivity index (χ1) is 8.09. The van der Waals surface area contributed by atoms with E-state index in [1.807, 2.05) is 18.2 Å². The van der Waals surface area contributed by atoms with E-state index in [1.54, 1.807) is 11.8 Å². The third kappa shape index (κ3) is 6.56. The van der Waals surface area contributed by atoms with Crippen LogP contribution in [-0.4, -0.2) is 18.8 Å². The molecule has 0 spiro atoms. The number of halogens is 2. The molecule has 0 fully saturated rings. The van der Waals surface area contributed by atoms with Crippen LogP contribution in [0.15, 0.2) is 23.1 Å². The summed E-state index contributed by atoms with van der Waals surface area (Å²) in [5, 5.41) is 4.94. The molecule has 17 heavy (non-hydrogen) atoms. The molecule has 1 rings (SSSR count). The summed E-state index contributed by atoms with van der Waals surface area (Å²) in [6, 6.07) is 5.58. The molecule has 0 heterocycles. The van der Waals surface area contributed by atoms with Crippen molar-refractivity contribution in [2.24, 2.45) is 5.92 Å². The highest BCUT2D eigenvalue weighted by atomic mass is 35.5. The fraction of sp³-hybridized carbons (Fsp3) is 0.538. The molecule has 1 aromatic rings. The van der Waals surface area contributed by atoms with E-state index in [1.165, 1.54) is 6.42 Å². The number of nitrogens with one attached hydrogen (secondary N) is 1. The molecule has 0 bridgehead atoms. The maximum absolute atomic E-state index is 6.08. The van der Waals surface area contributed by atoms with Crippen LogP contribution in [0, 0.1) is 5.92 Å². The number of benzene rings is 1. The summed E-state index contributed by atoms with van der Waals surface area (Å²) in [5.41, 5.74) is 0. The molecule has 0 aromatic heterocycles. The van der Waals surface area contributed by atoms with E-state index in [4.69, 9.17) is 23.2 Å². The van der Waals surface area contributed by atoms with Crippen molar-refractivity contribution in [2.45, 2.75) is 25.2 Å². The largest absolute Gasteiger partial charge is 0.316 e. The second kappa shape index (κ2) is 8.25. The van der Waals surface area contributed by atoms with E-state index < -0.39 is 0 Å². The Morgan fingerprint density at radius 3 is 2.71 bits per heavy atom. The van der Waals surface area contributed by atoms with Crippen LogP contribution in [0.3, 0.4) is 0 Å². The summed E-state index contributed by atoms with van der Waals surface area (Å²) in [6.07, 6.45) is 1.22. The first-order valence-electron chi connectivity index (χ1n) is 5.88. The smallest absolute Gasteiger partial charge is 0.0542 e. The van der Waals surface area contributed by atoms with Crippen LogP contribution >= 0.6 is 35.0 Å². The molecule has 96 valence electrons. The van der Waals surface area contributed by atoms with Crippen molar-refractivity contribution in [3.8, 4) is 0 Å². The Kier molecular flexibility index (Phi) is 7.36. The highest BCUT2D eigenvalue weighted by molar-refractivity contribution is 7.99. The van der Waals surface area contributed by atoms with Crippen LogP contribution in [0.1, 0.15) is 20.3 Å². The lowest BCUT2D eigenvalue weighted by Gasteiger charge is -2.07. The molecule has 0 radical (unpaired) electrons. The van der Waals surface area contributed by atoms with E-state index in [0.717, 1.165) is 39.7 Å². The van der Waals surface area contributed by atoms with Crippen LogP contribution in [0.4, 0.5) is 0 Å². The summed E-state index contributed by atoms with van der Waals surface area (Å²) in [4.78, 5) is 1.06. The zero-order valence-electron chi connectivity index (χ0n) is 10.3. The van der Waals surface area contributed by atoms with E-state index in [-0.39, 0.29) is 0 Å². The number of hydrogen-bond donors (Lipinski definition) is 1. The lowest BCUT2D eigenvalue weighted by molar-refractivity contribution is 0.547. The maximum Gasteiger partial charge on any atom is 0.0542 e. The standard InChI is InChI=1S/C13H19Cl2NS/c1-10(2)5-6-16-7-8-17-13-9-11(14)3-4-12(13)15/h3-4,9-10,16H,5-8H2,1-2H3. The average molecular weight is 292 g/mol. The Hall–Kier alpha value is 0.110. The van der Waals surface area contributed by atoms with Gasteiger partial charge in [-0.3, -0.25) is 0 Å². The van der Waals surface area contributed by atoms with Gasteiger partial charge in [0.2, 0.25) is 0 Å². The van der Waals surface area contributed by atoms with E-state index in [9.17, 15) is 0 Å². The van der Waals surface area contributed by atoms with Gasteiger partial charge in [-0.25, -0.2) is 0 Å². The van der Waals surface area contributed by atoms with Gasteiger partial charge in [0.1, 0.15) is 0 Å². The fourth-order valence-electron chi connectivity index (χ4n) is 1.34. The number of rotatable bonds is 7. The van der Waals surface area contributed by atoms with Gasteiger partial charge in [0, 0.05) is 22.2 Å².